The third-order valence-electron chi connectivity index (χ3n) is 3.28. The summed E-state index contributed by atoms with van der Waals surface area (Å²) < 4.78 is 37.3. The summed E-state index contributed by atoms with van der Waals surface area (Å²) in [5.41, 5.74) is -0.425. The summed E-state index contributed by atoms with van der Waals surface area (Å²) in [5.74, 6) is 11.1. The SMILES string of the molecule is CCCCCCC#C/C=C\C#CC(O)c1ccc(C(F)(F)F)cc1. The molecule has 1 N–H and O–H groups in total. The summed E-state index contributed by atoms with van der Waals surface area (Å²) in [7, 11) is 0. The van der Waals surface area contributed by atoms with Crippen LogP contribution in [0.15, 0.2) is 36.4 Å². The van der Waals surface area contributed by atoms with Gasteiger partial charge >= 0.3 is 6.18 Å². The average molecular weight is 334 g/mol. The molecule has 0 heterocycles. The van der Waals surface area contributed by atoms with E-state index in [1.54, 1.807) is 6.08 Å². The highest BCUT2D eigenvalue weighted by Crippen LogP contribution is 2.29. The van der Waals surface area contributed by atoms with Crippen molar-refractivity contribution in [2.75, 3.05) is 0 Å². The topological polar surface area (TPSA) is 20.2 Å². The van der Waals surface area contributed by atoms with E-state index in [9.17, 15) is 18.3 Å². The molecule has 0 saturated heterocycles. The van der Waals surface area contributed by atoms with Gasteiger partial charge in [0.15, 0.2) is 0 Å². The highest BCUT2D eigenvalue weighted by molar-refractivity contribution is 5.32. The van der Waals surface area contributed by atoms with E-state index in [2.05, 4.69) is 30.6 Å². The van der Waals surface area contributed by atoms with Gasteiger partial charge in [0.25, 0.3) is 0 Å². The monoisotopic (exact) mass is 334 g/mol. The van der Waals surface area contributed by atoms with Crippen LogP contribution in [0.1, 0.15) is 56.3 Å². The van der Waals surface area contributed by atoms with Gasteiger partial charge in [-0.1, -0.05) is 62.0 Å². The quantitative estimate of drug-likeness (QED) is 0.574. The van der Waals surface area contributed by atoms with Crippen molar-refractivity contribution < 1.29 is 18.3 Å². The van der Waals surface area contributed by atoms with Crippen molar-refractivity contribution in [2.24, 2.45) is 0 Å². The predicted molar refractivity (Wildman–Crippen MR) is 89.9 cm³/mol. The summed E-state index contributed by atoms with van der Waals surface area (Å²) in [5, 5.41) is 9.81. The molecule has 4 heteroatoms. The molecule has 0 spiro atoms. The van der Waals surface area contributed by atoms with Crippen LogP contribution < -0.4 is 0 Å². The Morgan fingerprint density at radius 3 is 2.33 bits per heavy atom. The van der Waals surface area contributed by atoms with Crippen molar-refractivity contribution in [1.29, 1.82) is 0 Å². The maximum Gasteiger partial charge on any atom is 0.416 e. The van der Waals surface area contributed by atoms with Gasteiger partial charge in [0, 0.05) is 6.42 Å². The number of aliphatic hydroxyl groups excluding tert-OH is 1. The fraction of sp³-hybridized carbons (Fsp3) is 0.400. The predicted octanol–water partition coefficient (Wildman–Crippen LogP) is 5.27. The number of rotatable bonds is 5. The molecule has 0 aromatic heterocycles. The number of hydrogen-bond acceptors (Lipinski definition) is 1. The van der Waals surface area contributed by atoms with E-state index in [-0.39, 0.29) is 0 Å². The number of benzene rings is 1. The first-order valence-corrected chi connectivity index (χ1v) is 7.95. The minimum Gasteiger partial charge on any atom is -0.376 e. The van der Waals surface area contributed by atoms with Crippen molar-refractivity contribution in [3.05, 3.63) is 47.5 Å². The first-order valence-electron chi connectivity index (χ1n) is 7.95. The van der Waals surface area contributed by atoms with Crippen molar-refractivity contribution >= 4 is 0 Å². The van der Waals surface area contributed by atoms with Gasteiger partial charge in [0.1, 0.15) is 6.10 Å². The minimum absolute atomic E-state index is 0.325. The summed E-state index contributed by atoms with van der Waals surface area (Å²) in [6, 6.07) is 4.31. The molecule has 0 radical (unpaired) electrons. The Bertz CT molecular complexity index is 634. The molecular weight excluding hydrogens is 313 g/mol. The molecule has 0 amide bonds. The molecule has 0 aliphatic rings. The molecule has 1 atom stereocenters. The van der Waals surface area contributed by atoms with Crippen molar-refractivity contribution in [2.45, 2.75) is 51.3 Å². The number of alkyl halides is 3. The first kappa shape index (κ1) is 19.9. The molecule has 0 bridgehead atoms. The maximum absolute atomic E-state index is 12.4. The normalized spacial score (nSPS) is 12.2. The molecule has 1 nitrogen and oxygen atoms in total. The highest BCUT2D eigenvalue weighted by Gasteiger charge is 2.30. The number of halogens is 3. The van der Waals surface area contributed by atoms with Gasteiger partial charge in [0.2, 0.25) is 0 Å². The molecule has 1 unspecified atom stereocenters. The average Bonchev–Trinajstić information content (AvgIpc) is 2.55. The van der Waals surface area contributed by atoms with Gasteiger partial charge in [-0.2, -0.15) is 13.2 Å². The summed E-state index contributed by atoms with van der Waals surface area (Å²) >= 11 is 0. The molecule has 1 rings (SSSR count). The smallest absolute Gasteiger partial charge is 0.376 e. The molecule has 128 valence electrons. The molecule has 0 saturated carbocycles. The number of unbranched alkanes of at least 4 members (excludes halogenated alkanes) is 4. The second-order valence-electron chi connectivity index (χ2n) is 5.28. The van der Waals surface area contributed by atoms with Gasteiger partial charge < -0.3 is 5.11 Å². The second kappa shape index (κ2) is 10.6. The van der Waals surface area contributed by atoms with Crippen molar-refractivity contribution in [1.82, 2.24) is 0 Å². The Balaban J connectivity index is 2.46. The van der Waals surface area contributed by atoms with Gasteiger partial charge in [-0.25, -0.2) is 0 Å². The lowest BCUT2D eigenvalue weighted by molar-refractivity contribution is -0.137. The van der Waals surface area contributed by atoms with Gasteiger partial charge in [0.05, 0.1) is 5.56 Å². The molecule has 0 aliphatic heterocycles. The fourth-order valence-corrected chi connectivity index (χ4v) is 1.92. The van der Waals surface area contributed by atoms with Crippen LogP contribution in [0.3, 0.4) is 0 Å². The van der Waals surface area contributed by atoms with E-state index < -0.39 is 17.8 Å². The van der Waals surface area contributed by atoms with Gasteiger partial charge in [-0.05, 0) is 36.3 Å². The number of aliphatic hydroxyl groups is 1. The third kappa shape index (κ3) is 7.90. The van der Waals surface area contributed by atoms with Gasteiger partial charge in [-0.15, -0.1) is 0 Å². The fourth-order valence-electron chi connectivity index (χ4n) is 1.92. The standard InChI is InChI=1S/C20H21F3O/c1-2-3-4-5-6-7-8-9-10-11-12-19(24)17-13-15-18(16-14-17)20(21,22)23/h9-10,13-16,19,24H,2-6H2,1H3/b10-9-. The van der Waals surface area contributed by atoms with Crippen LogP contribution in [-0.2, 0) is 6.18 Å². The van der Waals surface area contributed by atoms with Crippen LogP contribution in [0.2, 0.25) is 0 Å². The third-order valence-corrected chi connectivity index (χ3v) is 3.28. The molecule has 0 aliphatic carbocycles. The van der Waals surface area contributed by atoms with E-state index in [4.69, 9.17) is 0 Å². The Hall–Kier alpha value is -2.17. The molecule has 24 heavy (non-hydrogen) atoms. The second-order valence-corrected chi connectivity index (χ2v) is 5.28. The Kier molecular flexibility index (Phi) is 8.76. The Morgan fingerprint density at radius 2 is 1.71 bits per heavy atom. The first-order chi connectivity index (χ1) is 11.4. The highest BCUT2D eigenvalue weighted by atomic mass is 19.4. The largest absolute Gasteiger partial charge is 0.416 e. The van der Waals surface area contributed by atoms with E-state index in [0.717, 1.165) is 25.0 Å². The maximum atomic E-state index is 12.4. The lowest BCUT2D eigenvalue weighted by atomic mass is 10.1. The van der Waals surface area contributed by atoms with Crippen LogP contribution in [-0.4, -0.2) is 5.11 Å². The van der Waals surface area contributed by atoms with Crippen LogP contribution in [0, 0.1) is 23.7 Å². The number of hydrogen-bond donors (Lipinski definition) is 1. The lowest BCUT2D eigenvalue weighted by Gasteiger charge is -2.08. The summed E-state index contributed by atoms with van der Waals surface area (Å²) in [6.45, 7) is 2.16. The van der Waals surface area contributed by atoms with Crippen LogP contribution in [0.25, 0.3) is 0 Å². The zero-order valence-electron chi connectivity index (χ0n) is 13.7. The zero-order valence-corrected chi connectivity index (χ0v) is 13.7. The van der Waals surface area contributed by atoms with Gasteiger partial charge in [-0.3, -0.25) is 0 Å². The van der Waals surface area contributed by atoms with Crippen molar-refractivity contribution in [3.63, 3.8) is 0 Å². The van der Waals surface area contributed by atoms with E-state index in [0.29, 0.717) is 5.56 Å². The van der Waals surface area contributed by atoms with Crippen molar-refractivity contribution in [3.8, 4) is 23.7 Å². The zero-order chi connectivity index (χ0) is 17.8. The van der Waals surface area contributed by atoms with Crippen LogP contribution in [0.4, 0.5) is 13.2 Å². The van der Waals surface area contributed by atoms with E-state index in [1.807, 2.05) is 0 Å². The molecule has 1 aromatic rings. The Morgan fingerprint density at radius 1 is 1.04 bits per heavy atom. The molecule has 0 fully saturated rings. The Labute approximate surface area is 141 Å². The van der Waals surface area contributed by atoms with Crippen LogP contribution >= 0.6 is 0 Å². The summed E-state index contributed by atoms with van der Waals surface area (Å²) in [4.78, 5) is 0. The van der Waals surface area contributed by atoms with E-state index in [1.165, 1.54) is 37.5 Å². The lowest BCUT2D eigenvalue weighted by Crippen LogP contribution is -2.05. The van der Waals surface area contributed by atoms with Crippen LogP contribution in [0.5, 0.6) is 0 Å². The minimum atomic E-state index is -4.38. The summed E-state index contributed by atoms with van der Waals surface area (Å²) in [6.07, 6.45) is 3.17. The number of allylic oxidation sites excluding steroid dienone is 2. The molecular formula is C20H21F3O. The molecule has 1 aromatic carbocycles. The van der Waals surface area contributed by atoms with E-state index >= 15 is 0 Å².